The number of anilines is 1. The summed E-state index contributed by atoms with van der Waals surface area (Å²) in [4.78, 5) is 29.9. The van der Waals surface area contributed by atoms with Gasteiger partial charge >= 0.3 is 13.8 Å². The summed E-state index contributed by atoms with van der Waals surface area (Å²) in [5.41, 5.74) is 6.28. The van der Waals surface area contributed by atoms with Crippen LogP contribution in [0, 0.1) is 0 Å². The molecule has 0 saturated carbocycles. The fourth-order valence-corrected chi connectivity index (χ4v) is 3.14. The minimum atomic E-state index is -4.77. The van der Waals surface area contributed by atoms with Gasteiger partial charge < -0.3 is 35.2 Å². The fraction of sp³-hybridized carbons (Fsp3) is 0.643. The zero-order valence-corrected chi connectivity index (χ0v) is 15.8. The van der Waals surface area contributed by atoms with Gasteiger partial charge in [-0.2, -0.15) is 4.98 Å². The zero-order chi connectivity index (χ0) is 20.5. The Morgan fingerprint density at radius 3 is 2.75 bits per heavy atom. The maximum absolute atomic E-state index is 10.9. The van der Waals surface area contributed by atoms with E-state index in [1.54, 1.807) is 0 Å². The van der Waals surface area contributed by atoms with E-state index in [0.717, 1.165) is 12.8 Å². The number of phosphoric acid groups is 1. The van der Waals surface area contributed by atoms with Crippen molar-refractivity contribution < 1.29 is 38.6 Å². The molecular formula is C14H22N5O8P. The highest BCUT2D eigenvalue weighted by molar-refractivity contribution is 7.46. The number of aliphatic hydroxyl groups is 2. The molecule has 1 saturated heterocycles. The molecule has 1 aliphatic rings. The predicted molar refractivity (Wildman–Crippen MR) is 94.1 cm³/mol. The van der Waals surface area contributed by atoms with E-state index in [1.807, 2.05) is 6.92 Å². The molecule has 6 N–H and O–H groups in total. The summed E-state index contributed by atoms with van der Waals surface area (Å²) in [6.07, 6.45) is -2.50. The molecule has 0 aromatic carbocycles. The number of rotatable bonds is 8. The van der Waals surface area contributed by atoms with Crippen LogP contribution < -0.4 is 10.5 Å². The summed E-state index contributed by atoms with van der Waals surface area (Å²) in [5.74, 6) is 0.0958. The van der Waals surface area contributed by atoms with Crippen molar-refractivity contribution in [3.05, 3.63) is 6.33 Å². The van der Waals surface area contributed by atoms with E-state index in [4.69, 9.17) is 25.0 Å². The molecule has 0 radical (unpaired) electrons. The second-order valence-electron chi connectivity index (χ2n) is 6.23. The molecule has 2 aromatic rings. The van der Waals surface area contributed by atoms with Crippen LogP contribution in [0.2, 0.25) is 0 Å². The number of hydrogen-bond donors (Lipinski definition) is 5. The highest BCUT2D eigenvalue weighted by atomic mass is 31.2. The maximum Gasteiger partial charge on any atom is 0.469 e. The summed E-state index contributed by atoms with van der Waals surface area (Å²) in [6, 6.07) is 0.0588. The maximum atomic E-state index is 10.9. The SMILES string of the molecule is CCCCOc1nc2c(N)ncnc2n1C1O[C@H](COP(=O)(O)O)[C@@H](O)[C@H]1O. The highest BCUT2D eigenvalue weighted by Crippen LogP contribution is 2.40. The van der Waals surface area contributed by atoms with Crippen molar-refractivity contribution in [1.29, 1.82) is 0 Å². The van der Waals surface area contributed by atoms with Crippen LogP contribution in [-0.2, 0) is 13.8 Å². The summed E-state index contributed by atoms with van der Waals surface area (Å²) >= 11 is 0. The van der Waals surface area contributed by atoms with Crippen LogP contribution in [0.15, 0.2) is 6.33 Å². The van der Waals surface area contributed by atoms with Crippen molar-refractivity contribution in [3.8, 4) is 6.01 Å². The Hall–Kier alpha value is -1.86. The van der Waals surface area contributed by atoms with Gasteiger partial charge in [-0.1, -0.05) is 13.3 Å². The first-order valence-corrected chi connectivity index (χ1v) is 10.1. The predicted octanol–water partition coefficient (Wildman–Crippen LogP) is -0.684. The lowest BCUT2D eigenvalue weighted by Gasteiger charge is -2.19. The third-order valence-electron chi connectivity index (χ3n) is 4.20. The Morgan fingerprint density at radius 1 is 1.32 bits per heavy atom. The molecule has 3 heterocycles. The van der Waals surface area contributed by atoms with Gasteiger partial charge in [-0.25, -0.2) is 19.1 Å². The van der Waals surface area contributed by atoms with Crippen molar-refractivity contribution >= 4 is 24.8 Å². The van der Waals surface area contributed by atoms with Gasteiger partial charge in [0, 0.05) is 0 Å². The quantitative estimate of drug-likeness (QED) is 0.267. The van der Waals surface area contributed by atoms with Crippen LogP contribution in [0.1, 0.15) is 26.0 Å². The molecule has 0 bridgehead atoms. The first-order chi connectivity index (χ1) is 13.2. The standard InChI is InChI=1S/C14H22N5O8P/c1-2-3-4-25-14-18-8-11(15)16-6-17-12(8)19(14)13-10(21)9(20)7(27-13)5-26-28(22,23)24/h6-7,9-10,13,20-21H,2-5H2,1H3,(H2,15,16,17)(H2,22,23,24)/t7-,9-,10-,13?/m1/s1. The van der Waals surface area contributed by atoms with E-state index >= 15 is 0 Å². The van der Waals surface area contributed by atoms with E-state index < -0.39 is 39.0 Å². The zero-order valence-electron chi connectivity index (χ0n) is 15.0. The average Bonchev–Trinajstić information content (AvgIpc) is 3.12. The number of hydrogen-bond acceptors (Lipinski definition) is 10. The number of aromatic nitrogens is 4. The number of unbranched alkanes of at least 4 members (excludes halogenated alkanes) is 1. The summed E-state index contributed by atoms with van der Waals surface area (Å²) < 4.78 is 27.9. The Labute approximate surface area is 159 Å². The van der Waals surface area contributed by atoms with Gasteiger partial charge in [-0.05, 0) is 6.42 Å². The molecule has 156 valence electrons. The number of fused-ring (bicyclic) bond motifs is 1. The minimum Gasteiger partial charge on any atom is -0.465 e. The van der Waals surface area contributed by atoms with Crippen molar-refractivity contribution in [2.24, 2.45) is 0 Å². The van der Waals surface area contributed by atoms with Crippen molar-refractivity contribution in [1.82, 2.24) is 19.5 Å². The van der Waals surface area contributed by atoms with Gasteiger partial charge in [0.2, 0.25) is 0 Å². The summed E-state index contributed by atoms with van der Waals surface area (Å²) in [5, 5.41) is 20.7. The molecule has 0 spiro atoms. The Bertz CT molecular complexity index is 873. The molecule has 4 atom stereocenters. The number of nitrogens with two attached hydrogens (primary N) is 1. The first-order valence-electron chi connectivity index (χ1n) is 8.55. The highest BCUT2D eigenvalue weighted by Gasteiger charge is 2.46. The number of aliphatic hydroxyl groups excluding tert-OH is 2. The lowest BCUT2D eigenvalue weighted by Crippen LogP contribution is -2.33. The van der Waals surface area contributed by atoms with Gasteiger partial charge in [0.25, 0.3) is 0 Å². The number of ether oxygens (including phenoxy) is 2. The first kappa shape index (κ1) is 20.9. The fourth-order valence-electron chi connectivity index (χ4n) is 2.80. The van der Waals surface area contributed by atoms with Crippen LogP contribution in [0.25, 0.3) is 11.2 Å². The third kappa shape index (κ3) is 4.25. The van der Waals surface area contributed by atoms with Gasteiger partial charge in [-0.3, -0.25) is 4.52 Å². The van der Waals surface area contributed by atoms with Gasteiger partial charge in [0.15, 0.2) is 23.2 Å². The number of nitrogens with zero attached hydrogens (tertiary/aromatic N) is 4. The second kappa shape index (κ2) is 8.25. The summed E-state index contributed by atoms with van der Waals surface area (Å²) in [6.45, 7) is 1.69. The van der Waals surface area contributed by atoms with Crippen molar-refractivity contribution in [2.75, 3.05) is 18.9 Å². The minimum absolute atomic E-state index is 0.0588. The Kier molecular flexibility index (Phi) is 6.15. The molecule has 28 heavy (non-hydrogen) atoms. The van der Waals surface area contributed by atoms with E-state index in [0.29, 0.717) is 6.61 Å². The van der Waals surface area contributed by atoms with Gasteiger partial charge in [0.05, 0.1) is 13.2 Å². The molecule has 1 fully saturated rings. The normalized spacial score (nSPS) is 25.5. The number of phosphoric ester groups is 1. The molecule has 0 aliphatic carbocycles. The number of imidazole rings is 1. The monoisotopic (exact) mass is 419 g/mol. The molecular weight excluding hydrogens is 397 g/mol. The van der Waals surface area contributed by atoms with E-state index in [9.17, 15) is 14.8 Å². The lowest BCUT2D eigenvalue weighted by atomic mass is 10.1. The van der Waals surface area contributed by atoms with Crippen LogP contribution in [0.4, 0.5) is 5.82 Å². The molecule has 3 rings (SSSR count). The average molecular weight is 419 g/mol. The Morgan fingerprint density at radius 2 is 2.07 bits per heavy atom. The lowest BCUT2D eigenvalue weighted by molar-refractivity contribution is -0.0536. The molecule has 0 amide bonds. The second-order valence-corrected chi connectivity index (χ2v) is 7.47. The molecule has 1 unspecified atom stereocenters. The third-order valence-corrected chi connectivity index (χ3v) is 4.69. The van der Waals surface area contributed by atoms with Crippen molar-refractivity contribution in [2.45, 2.75) is 44.3 Å². The molecule has 1 aliphatic heterocycles. The smallest absolute Gasteiger partial charge is 0.465 e. The van der Waals surface area contributed by atoms with Crippen LogP contribution >= 0.6 is 7.82 Å². The largest absolute Gasteiger partial charge is 0.469 e. The molecule has 13 nitrogen and oxygen atoms in total. The Balaban J connectivity index is 1.93. The summed E-state index contributed by atoms with van der Waals surface area (Å²) in [7, 11) is -4.77. The van der Waals surface area contributed by atoms with E-state index in [-0.39, 0.29) is 23.0 Å². The van der Waals surface area contributed by atoms with Crippen LogP contribution in [0.5, 0.6) is 6.01 Å². The van der Waals surface area contributed by atoms with Crippen LogP contribution in [-0.4, -0.2) is 71.0 Å². The molecule has 2 aromatic heterocycles. The van der Waals surface area contributed by atoms with E-state index in [1.165, 1.54) is 10.9 Å². The van der Waals surface area contributed by atoms with Crippen LogP contribution in [0.3, 0.4) is 0 Å². The van der Waals surface area contributed by atoms with Crippen molar-refractivity contribution in [3.63, 3.8) is 0 Å². The number of nitrogen functional groups attached to an aromatic ring is 1. The van der Waals surface area contributed by atoms with Gasteiger partial charge in [0.1, 0.15) is 24.6 Å². The van der Waals surface area contributed by atoms with E-state index in [2.05, 4.69) is 19.5 Å². The molecule has 14 heteroatoms. The topological polar surface area (TPSA) is 195 Å². The van der Waals surface area contributed by atoms with Gasteiger partial charge in [-0.15, -0.1) is 0 Å².